The first kappa shape index (κ1) is 32.5. The molecular formula is C14H26Cu2O9+2. The molecule has 0 aliphatic rings. The van der Waals surface area contributed by atoms with Gasteiger partial charge in [0.1, 0.15) is 24.4 Å². The second-order valence-corrected chi connectivity index (χ2v) is 5.51. The molecule has 0 heterocycles. The fraction of sp³-hybridized carbons (Fsp3) is 0.857. The number of aliphatic hydroxyl groups excluding tert-OH is 5. The number of aliphatic hydroxyl groups is 5. The van der Waals surface area contributed by atoms with Gasteiger partial charge in [-0.2, -0.15) is 0 Å². The molecule has 0 amide bonds. The smallest absolute Gasteiger partial charge is 0.550 e. The first-order chi connectivity index (χ1) is 10.5. The molecular weight excluding hydrogens is 439 g/mol. The zero-order chi connectivity index (χ0) is 18.6. The van der Waals surface area contributed by atoms with E-state index in [4.69, 9.17) is 25.5 Å². The van der Waals surface area contributed by atoms with Gasteiger partial charge in [0.25, 0.3) is 0 Å². The van der Waals surface area contributed by atoms with E-state index in [9.17, 15) is 19.8 Å². The normalized spacial score (nSPS) is 14.7. The molecule has 5 N–H and O–H groups in total. The molecule has 156 valence electrons. The Bertz CT molecular complexity index is 342. The first-order valence-corrected chi connectivity index (χ1v) is 7.28. The quantitative estimate of drug-likeness (QED) is 0.159. The maximum absolute atomic E-state index is 9.98. The summed E-state index contributed by atoms with van der Waals surface area (Å²) in [4.78, 5) is 19.9. The molecule has 2 radical (unpaired) electrons. The van der Waals surface area contributed by atoms with Crippen molar-refractivity contribution < 1.29 is 79.5 Å². The van der Waals surface area contributed by atoms with Crippen molar-refractivity contribution >= 4 is 11.9 Å². The van der Waals surface area contributed by atoms with Gasteiger partial charge in [0.05, 0.1) is 12.6 Å². The Morgan fingerprint density at radius 3 is 1.72 bits per heavy atom. The Kier molecular flexibility index (Phi) is 24.1. The van der Waals surface area contributed by atoms with E-state index in [0.717, 1.165) is 19.3 Å². The minimum absolute atomic E-state index is 0. The predicted molar refractivity (Wildman–Crippen MR) is 74.4 cm³/mol. The second kappa shape index (κ2) is 18.6. The van der Waals surface area contributed by atoms with E-state index < -0.39 is 43.0 Å². The number of hydrogen-bond donors (Lipinski definition) is 5. The monoisotopic (exact) mass is 464 g/mol. The van der Waals surface area contributed by atoms with Crippen LogP contribution in [0.25, 0.3) is 0 Å². The van der Waals surface area contributed by atoms with Crippen LogP contribution in [0.5, 0.6) is 0 Å². The Morgan fingerprint density at radius 1 is 0.920 bits per heavy atom. The van der Waals surface area contributed by atoms with E-state index in [1.165, 1.54) is 0 Å². The van der Waals surface area contributed by atoms with Crippen molar-refractivity contribution in [1.82, 2.24) is 0 Å². The van der Waals surface area contributed by atoms with Crippen LogP contribution in [0.15, 0.2) is 0 Å². The van der Waals surface area contributed by atoms with Crippen LogP contribution in [0.1, 0.15) is 39.5 Å². The summed E-state index contributed by atoms with van der Waals surface area (Å²) in [5.41, 5.74) is 0. The standard InChI is InChI=1S/C8H16O2.C6H12O7.2Cu/c1-7(2)5-3-4-6-8(9)10;7-1-2(8)3(9)4(10)5(11)6(12)13;;/h7H,3-6H2,1-2H3,(H,9,10);2-5,7-11H,1H2,(H,12,13);;/q;;2*+2/p-2/t;2-,3-,4+,5-;;/m.1../s1. The third-order valence-electron chi connectivity index (χ3n) is 2.91. The third-order valence-corrected chi connectivity index (χ3v) is 2.91. The van der Waals surface area contributed by atoms with Crippen LogP contribution < -0.4 is 10.2 Å². The van der Waals surface area contributed by atoms with Crippen molar-refractivity contribution in [1.29, 1.82) is 0 Å². The second-order valence-electron chi connectivity index (χ2n) is 5.51. The minimum Gasteiger partial charge on any atom is -0.550 e. The van der Waals surface area contributed by atoms with E-state index in [1.54, 1.807) is 0 Å². The molecule has 4 atom stereocenters. The number of unbranched alkanes of at least 4 members (excludes halogenated alkanes) is 1. The molecule has 0 aromatic heterocycles. The maximum atomic E-state index is 9.98. The largest absolute Gasteiger partial charge is 2.00 e. The summed E-state index contributed by atoms with van der Waals surface area (Å²) in [5, 5.41) is 63.4. The molecule has 0 spiro atoms. The summed E-state index contributed by atoms with van der Waals surface area (Å²) in [7, 11) is 0. The van der Waals surface area contributed by atoms with Crippen molar-refractivity contribution in [3.8, 4) is 0 Å². The van der Waals surface area contributed by atoms with Gasteiger partial charge in [-0.1, -0.05) is 26.7 Å². The van der Waals surface area contributed by atoms with Crippen LogP contribution in [-0.2, 0) is 43.7 Å². The molecule has 0 rings (SSSR count). The Labute approximate surface area is 168 Å². The topological polar surface area (TPSA) is 181 Å². The van der Waals surface area contributed by atoms with Gasteiger partial charge in [-0.05, 0) is 18.8 Å². The molecule has 0 saturated heterocycles. The molecule has 0 unspecified atom stereocenters. The van der Waals surface area contributed by atoms with Gasteiger partial charge in [0.2, 0.25) is 0 Å². The molecule has 0 aliphatic carbocycles. The van der Waals surface area contributed by atoms with Crippen molar-refractivity contribution in [3.05, 3.63) is 0 Å². The third kappa shape index (κ3) is 18.4. The van der Waals surface area contributed by atoms with Gasteiger partial charge in [-0.25, -0.2) is 0 Å². The van der Waals surface area contributed by atoms with E-state index >= 15 is 0 Å². The number of carbonyl (C=O) groups is 2. The fourth-order valence-corrected chi connectivity index (χ4v) is 1.48. The Morgan fingerprint density at radius 2 is 1.40 bits per heavy atom. The average molecular weight is 465 g/mol. The number of aliphatic carboxylic acids is 2. The molecule has 0 saturated carbocycles. The van der Waals surface area contributed by atoms with Gasteiger partial charge in [-0.15, -0.1) is 0 Å². The van der Waals surface area contributed by atoms with Gasteiger partial charge in [0.15, 0.2) is 0 Å². The van der Waals surface area contributed by atoms with Crippen molar-refractivity contribution in [2.45, 2.75) is 63.9 Å². The Hall–Kier alpha value is -0.221. The van der Waals surface area contributed by atoms with Gasteiger partial charge >= 0.3 is 34.1 Å². The van der Waals surface area contributed by atoms with Gasteiger partial charge in [0, 0.05) is 5.97 Å². The van der Waals surface area contributed by atoms with E-state index in [-0.39, 0.29) is 40.6 Å². The van der Waals surface area contributed by atoms with Crippen LogP contribution in [0.2, 0.25) is 0 Å². The summed E-state index contributed by atoms with van der Waals surface area (Å²) < 4.78 is 0. The van der Waals surface area contributed by atoms with Gasteiger partial charge < -0.3 is 45.3 Å². The Balaban J connectivity index is -0.000000168. The number of carbonyl (C=O) groups excluding carboxylic acids is 2. The summed E-state index contributed by atoms with van der Waals surface area (Å²) in [6.07, 6.45) is -4.98. The van der Waals surface area contributed by atoms with Crippen molar-refractivity contribution in [2.24, 2.45) is 5.92 Å². The molecule has 0 aromatic carbocycles. The summed E-state index contributed by atoms with van der Waals surface area (Å²) in [6.45, 7) is 3.41. The van der Waals surface area contributed by atoms with E-state index in [0.29, 0.717) is 5.92 Å². The fourth-order valence-electron chi connectivity index (χ4n) is 1.48. The number of carboxylic acid groups (broad SMARTS) is 2. The van der Waals surface area contributed by atoms with E-state index in [2.05, 4.69) is 13.8 Å². The van der Waals surface area contributed by atoms with Crippen LogP contribution in [0, 0.1) is 5.92 Å². The predicted octanol–water partition coefficient (Wildman–Crippen LogP) is -3.88. The number of rotatable bonds is 10. The van der Waals surface area contributed by atoms with Crippen LogP contribution in [-0.4, -0.2) is 68.5 Å². The molecule has 25 heavy (non-hydrogen) atoms. The summed E-state index contributed by atoms with van der Waals surface area (Å²) in [5.74, 6) is -2.22. The number of carboxylic acids is 2. The molecule has 9 nitrogen and oxygen atoms in total. The van der Waals surface area contributed by atoms with Crippen LogP contribution in [0.4, 0.5) is 0 Å². The minimum atomic E-state index is -2.31. The van der Waals surface area contributed by atoms with Crippen LogP contribution in [0.3, 0.4) is 0 Å². The maximum Gasteiger partial charge on any atom is 2.00 e. The molecule has 0 fully saturated rings. The molecule has 11 heteroatoms. The molecule has 0 bridgehead atoms. The molecule has 0 aliphatic heterocycles. The van der Waals surface area contributed by atoms with Gasteiger partial charge in [-0.3, -0.25) is 0 Å². The summed E-state index contributed by atoms with van der Waals surface area (Å²) >= 11 is 0. The van der Waals surface area contributed by atoms with Crippen LogP contribution >= 0.6 is 0 Å². The zero-order valence-corrected chi connectivity index (χ0v) is 15.8. The first-order valence-electron chi connectivity index (χ1n) is 7.28. The number of hydrogen-bond acceptors (Lipinski definition) is 9. The van der Waals surface area contributed by atoms with Crippen molar-refractivity contribution in [3.63, 3.8) is 0 Å². The summed E-state index contributed by atoms with van der Waals surface area (Å²) in [6, 6.07) is 0. The van der Waals surface area contributed by atoms with Crippen molar-refractivity contribution in [2.75, 3.05) is 6.61 Å². The molecule has 0 aromatic rings. The van der Waals surface area contributed by atoms with E-state index in [1.807, 2.05) is 0 Å². The average Bonchev–Trinajstić information content (AvgIpc) is 2.48. The SMILES string of the molecule is CC(C)CCCCC(=O)[O-].O=C([O-])[C@H](O)[C@@H](O)[C@H](O)[C@H](O)CO.[Cu+2].[Cu+2]. The zero-order valence-electron chi connectivity index (χ0n) is 13.9.